The molecule has 19 heavy (non-hydrogen) atoms. The lowest BCUT2D eigenvalue weighted by Crippen LogP contribution is -2.02. The minimum atomic E-state index is -0.154. The van der Waals surface area contributed by atoms with Crippen LogP contribution in [0.15, 0.2) is 28.8 Å². The van der Waals surface area contributed by atoms with E-state index < -0.39 is 0 Å². The molecule has 1 atom stereocenters. The van der Waals surface area contributed by atoms with Crippen LogP contribution in [-0.4, -0.2) is 23.3 Å². The molecule has 0 aliphatic heterocycles. The van der Waals surface area contributed by atoms with Crippen LogP contribution < -0.4 is 5.73 Å². The molecule has 0 radical (unpaired) electrons. The molecule has 1 aromatic heterocycles. The molecule has 0 aliphatic rings. The second-order valence-electron chi connectivity index (χ2n) is 4.29. The number of ether oxygens (including phenoxy) is 1. The summed E-state index contributed by atoms with van der Waals surface area (Å²) in [5, 5.41) is 3.94. The van der Waals surface area contributed by atoms with Gasteiger partial charge in [-0.15, -0.1) is 0 Å². The first kappa shape index (κ1) is 13.7. The van der Waals surface area contributed by atoms with Gasteiger partial charge >= 0.3 is 0 Å². The second-order valence-corrected chi connectivity index (χ2v) is 4.29. The summed E-state index contributed by atoms with van der Waals surface area (Å²) < 4.78 is 10.7. The Morgan fingerprint density at radius 2 is 2.05 bits per heavy atom. The SMILES string of the molecule is CCOC(C)c1noc(-c2ccc(CCN)cc2)n1. The van der Waals surface area contributed by atoms with E-state index in [9.17, 15) is 0 Å². The highest BCUT2D eigenvalue weighted by Gasteiger charge is 2.14. The number of nitrogens with zero attached hydrogens (tertiary/aromatic N) is 2. The van der Waals surface area contributed by atoms with Crippen LogP contribution in [0.5, 0.6) is 0 Å². The van der Waals surface area contributed by atoms with E-state index in [1.807, 2.05) is 38.1 Å². The number of nitrogens with two attached hydrogens (primary N) is 1. The molecule has 102 valence electrons. The summed E-state index contributed by atoms with van der Waals surface area (Å²) in [6.07, 6.45) is 0.718. The Bertz CT molecular complexity index is 508. The molecule has 0 aliphatic carbocycles. The molecular formula is C14H19N3O2. The third kappa shape index (κ3) is 3.39. The van der Waals surface area contributed by atoms with Crippen molar-refractivity contribution < 1.29 is 9.26 Å². The summed E-state index contributed by atoms with van der Waals surface area (Å²) in [5.74, 6) is 1.09. The van der Waals surface area contributed by atoms with E-state index in [4.69, 9.17) is 15.0 Å². The Hall–Kier alpha value is -1.72. The van der Waals surface area contributed by atoms with Crippen molar-refractivity contribution in [3.8, 4) is 11.5 Å². The second kappa shape index (κ2) is 6.45. The molecule has 2 N–H and O–H groups in total. The summed E-state index contributed by atoms with van der Waals surface area (Å²) in [7, 11) is 0. The highest BCUT2D eigenvalue weighted by molar-refractivity contribution is 5.53. The molecule has 0 saturated carbocycles. The van der Waals surface area contributed by atoms with E-state index in [0.29, 0.717) is 24.9 Å². The smallest absolute Gasteiger partial charge is 0.258 e. The molecule has 1 aromatic carbocycles. The highest BCUT2D eigenvalue weighted by atomic mass is 16.5. The van der Waals surface area contributed by atoms with Crippen LogP contribution in [0.25, 0.3) is 11.5 Å². The first-order valence-corrected chi connectivity index (χ1v) is 6.49. The summed E-state index contributed by atoms with van der Waals surface area (Å²) in [6, 6.07) is 7.98. The van der Waals surface area contributed by atoms with Crippen LogP contribution in [0.1, 0.15) is 31.3 Å². The Morgan fingerprint density at radius 1 is 1.32 bits per heavy atom. The maximum Gasteiger partial charge on any atom is 0.258 e. The fraction of sp³-hybridized carbons (Fsp3) is 0.429. The van der Waals surface area contributed by atoms with Crippen molar-refractivity contribution in [3.63, 3.8) is 0 Å². The molecule has 0 amide bonds. The van der Waals surface area contributed by atoms with E-state index in [2.05, 4.69) is 10.1 Å². The molecule has 5 nitrogen and oxygen atoms in total. The molecule has 1 heterocycles. The third-order valence-electron chi connectivity index (χ3n) is 2.86. The van der Waals surface area contributed by atoms with Crippen LogP contribution in [0, 0.1) is 0 Å². The molecule has 0 spiro atoms. The average Bonchev–Trinajstić information content (AvgIpc) is 2.90. The lowest BCUT2D eigenvalue weighted by Gasteiger charge is -2.04. The molecule has 0 saturated heterocycles. The predicted octanol–water partition coefficient (Wildman–Crippen LogP) is 2.34. The normalized spacial score (nSPS) is 12.6. The van der Waals surface area contributed by atoms with Crippen molar-refractivity contribution in [2.24, 2.45) is 5.73 Å². The summed E-state index contributed by atoms with van der Waals surface area (Å²) >= 11 is 0. The largest absolute Gasteiger partial charge is 0.371 e. The van der Waals surface area contributed by atoms with Gasteiger partial charge < -0.3 is 15.0 Å². The van der Waals surface area contributed by atoms with Crippen molar-refractivity contribution in [1.29, 1.82) is 0 Å². The zero-order valence-electron chi connectivity index (χ0n) is 11.3. The Morgan fingerprint density at radius 3 is 2.68 bits per heavy atom. The predicted molar refractivity (Wildman–Crippen MR) is 72.5 cm³/mol. The average molecular weight is 261 g/mol. The topological polar surface area (TPSA) is 74.2 Å². The monoisotopic (exact) mass is 261 g/mol. The van der Waals surface area contributed by atoms with E-state index in [-0.39, 0.29) is 6.10 Å². The standard InChI is InChI=1S/C14H19N3O2/c1-3-18-10(2)13-16-14(19-17-13)12-6-4-11(5-7-12)8-9-15/h4-7,10H,3,8-9,15H2,1-2H3. The minimum absolute atomic E-state index is 0.154. The van der Waals surface area contributed by atoms with Gasteiger partial charge in [-0.2, -0.15) is 4.98 Å². The maximum atomic E-state index is 5.52. The number of benzene rings is 1. The van der Waals surface area contributed by atoms with E-state index in [0.717, 1.165) is 12.0 Å². The number of rotatable bonds is 6. The van der Waals surface area contributed by atoms with E-state index in [1.54, 1.807) is 0 Å². The van der Waals surface area contributed by atoms with Gasteiger partial charge in [0.2, 0.25) is 5.82 Å². The third-order valence-corrected chi connectivity index (χ3v) is 2.86. The molecule has 2 rings (SSSR count). The van der Waals surface area contributed by atoms with Gasteiger partial charge in [-0.05, 0) is 44.5 Å². The minimum Gasteiger partial charge on any atom is -0.371 e. The van der Waals surface area contributed by atoms with Gasteiger partial charge in [0, 0.05) is 12.2 Å². The summed E-state index contributed by atoms with van der Waals surface area (Å²) in [5.41, 5.74) is 7.63. The highest BCUT2D eigenvalue weighted by Crippen LogP contribution is 2.21. The molecule has 0 fully saturated rings. The van der Waals surface area contributed by atoms with E-state index in [1.165, 1.54) is 5.56 Å². The van der Waals surface area contributed by atoms with Crippen molar-refractivity contribution >= 4 is 0 Å². The zero-order chi connectivity index (χ0) is 13.7. The van der Waals surface area contributed by atoms with Crippen LogP contribution in [-0.2, 0) is 11.2 Å². The Kier molecular flexibility index (Phi) is 4.65. The van der Waals surface area contributed by atoms with E-state index >= 15 is 0 Å². The van der Waals surface area contributed by atoms with Gasteiger partial charge in [-0.1, -0.05) is 17.3 Å². The van der Waals surface area contributed by atoms with Crippen LogP contribution >= 0.6 is 0 Å². The quantitative estimate of drug-likeness (QED) is 0.863. The molecule has 5 heteroatoms. The van der Waals surface area contributed by atoms with Gasteiger partial charge in [0.1, 0.15) is 6.10 Å². The first-order valence-electron chi connectivity index (χ1n) is 6.49. The molecule has 2 aromatic rings. The van der Waals surface area contributed by atoms with Gasteiger partial charge in [0.25, 0.3) is 5.89 Å². The number of aromatic nitrogens is 2. The number of hydrogen-bond donors (Lipinski definition) is 1. The molecule has 1 unspecified atom stereocenters. The Balaban J connectivity index is 2.13. The molecule has 0 bridgehead atoms. The zero-order valence-corrected chi connectivity index (χ0v) is 11.3. The van der Waals surface area contributed by atoms with Gasteiger partial charge in [0.05, 0.1) is 0 Å². The van der Waals surface area contributed by atoms with Crippen molar-refractivity contribution in [2.45, 2.75) is 26.4 Å². The summed E-state index contributed by atoms with van der Waals surface area (Å²) in [6.45, 7) is 5.12. The van der Waals surface area contributed by atoms with Crippen molar-refractivity contribution in [2.75, 3.05) is 13.2 Å². The van der Waals surface area contributed by atoms with Gasteiger partial charge in [-0.3, -0.25) is 0 Å². The van der Waals surface area contributed by atoms with Crippen LogP contribution in [0.3, 0.4) is 0 Å². The number of hydrogen-bond acceptors (Lipinski definition) is 5. The summed E-state index contributed by atoms with van der Waals surface area (Å²) in [4.78, 5) is 4.35. The lowest BCUT2D eigenvalue weighted by molar-refractivity contribution is 0.0683. The van der Waals surface area contributed by atoms with Gasteiger partial charge in [-0.25, -0.2) is 0 Å². The first-order chi connectivity index (χ1) is 9.24. The lowest BCUT2D eigenvalue weighted by atomic mass is 10.1. The van der Waals surface area contributed by atoms with Crippen LogP contribution in [0.2, 0.25) is 0 Å². The van der Waals surface area contributed by atoms with Gasteiger partial charge in [0.15, 0.2) is 0 Å². The van der Waals surface area contributed by atoms with Crippen molar-refractivity contribution in [3.05, 3.63) is 35.7 Å². The van der Waals surface area contributed by atoms with Crippen LogP contribution in [0.4, 0.5) is 0 Å². The fourth-order valence-electron chi connectivity index (χ4n) is 1.82. The Labute approximate surface area is 112 Å². The van der Waals surface area contributed by atoms with Crippen molar-refractivity contribution in [1.82, 2.24) is 10.1 Å². The fourth-order valence-corrected chi connectivity index (χ4v) is 1.82. The molecular weight excluding hydrogens is 242 g/mol. The maximum absolute atomic E-state index is 5.52.